The monoisotopic (exact) mass is 243 g/mol. The van der Waals surface area contributed by atoms with Crippen molar-refractivity contribution in [1.29, 1.82) is 0 Å². The molecule has 17 heavy (non-hydrogen) atoms. The minimum absolute atomic E-state index is 0.0763. The molecule has 0 amide bonds. The molecule has 0 bridgehead atoms. The number of nitrogens with one attached hydrogen (secondary N) is 1. The van der Waals surface area contributed by atoms with Gasteiger partial charge in [-0.2, -0.15) is 0 Å². The van der Waals surface area contributed by atoms with Crippen molar-refractivity contribution in [3.63, 3.8) is 0 Å². The summed E-state index contributed by atoms with van der Waals surface area (Å²) < 4.78 is 5.62. The molecule has 0 aliphatic rings. The van der Waals surface area contributed by atoms with Gasteiger partial charge in [-0.25, -0.2) is 0 Å². The SMILES string of the molecule is CCCNC(CCCC(C)(C)C)C(C)(C)OC. The third-order valence-electron chi connectivity index (χ3n) is 3.43. The zero-order valence-electron chi connectivity index (χ0n) is 13.0. The van der Waals surface area contributed by atoms with E-state index in [1.807, 2.05) is 7.11 Å². The number of hydrogen-bond donors (Lipinski definition) is 1. The molecule has 0 aromatic heterocycles. The van der Waals surface area contributed by atoms with Crippen LogP contribution in [0.1, 0.15) is 67.2 Å². The first-order chi connectivity index (χ1) is 7.73. The Morgan fingerprint density at radius 2 is 1.71 bits per heavy atom. The molecule has 0 aliphatic carbocycles. The van der Waals surface area contributed by atoms with Crippen LogP contribution in [0.3, 0.4) is 0 Å². The summed E-state index contributed by atoms with van der Waals surface area (Å²) in [5, 5.41) is 3.62. The standard InChI is InChI=1S/C15H33NO/c1-8-12-16-13(15(5,6)17-7)10-9-11-14(2,3)4/h13,16H,8-12H2,1-7H3. The van der Waals surface area contributed by atoms with Gasteiger partial charge >= 0.3 is 0 Å². The van der Waals surface area contributed by atoms with Crippen molar-refractivity contribution in [2.45, 2.75) is 78.9 Å². The molecule has 0 radical (unpaired) electrons. The smallest absolute Gasteiger partial charge is 0.0774 e. The average molecular weight is 243 g/mol. The summed E-state index contributed by atoms with van der Waals surface area (Å²) in [6.45, 7) is 14.6. The average Bonchev–Trinajstić information content (AvgIpc) is 2.21. The first kappa shape index (κ1) is 16.9. The van der Waals surface area contributed by atoms with E-state index in [0.29, 0.717) is 11.5 Å². The van der Waals surface area contributed by atoms with E-state index in [1.54, 1.807) is 0 Å². The van der Waals surface area contributed by atoms with Crippen molar-refractivity contribution in [1.82, 2.24) is 5.32 Å². The van der Waals surface area contributed by atoms with Gasteiger partial charge in [0.25, 0.3) is 0 Å². The van der Waals surface area contributed by atoms with Crippen LogP contribution in [0, 0.1) is 5.41 Å². The van der Waals surface area contributed by atoms with Crippen LogP contribution >= 0.6 is 0 Å². The Balaban J connectivity index is 4.20. The highest BCUT2D eigenvalue weighted by Gasteiger charge is 2.28. The molecule has 0 saturated carbocycles. The Kier molecular flexibility index (Phi) is 7.34. The van der Waals surface area contributed by atoms with Gasteiger partial charge in [-0.05, 0) is 45.1 Å². The zero-order valence-corrected chi connectivity index (χ0v) is 13.0. The van der Waals surface area contributed by atoms with Gasteiger partial charge in [-0.15, -0.1) is 0 Å². The number of methoxy groups -OCH3 is 1. The van der Waals surface area contributed by atoms with Gasteiger partial charge in [0.05, 0.1) is 5.60 Å². The molecule has 0 fully saturated rings. The van der Waals surface area contributed by atoms with Crippen LogP contribution in [-0.2, 0) is 4.74 Å². The molecule has 1 unspecified atom stereocenters. The predicted molar refractivity (Wildman–Crippen MR) is 76.5 cm³/mol. The summed E-state index contributed by atoms with van der Waals surface area (Å²) in [7, 11) is 1.81. The van der Waals surface area contributed by atoms with Crippen molar-refractivity contribution in [2.24, 2.45) is 5.41 Å². The third kappa shape index (κ3) is 7.77. The van der Waals surface area contributed by atoms with Gasteiger partial charge in [0.2, 0.25) is 0 Å². The van der Waals surface area contributed by atoms with E-state index in [1.165, 1.54) is 25.7 Å². The van der Waals surface area contributed by atoms with Crippen LogP contribution in [0.5, 0.6) is 0 Å². The van der Waals surface area contributed by atoms with Crippen LogP contribution in [0.25, 0.3) is 0 Å². The van der Waals surface area contributed by atoms with E-state index in [4.69, 9.17) is 4.74 Å². The molecule has 0 rings (SSSR count). The second kappa shape index (κ2) is 7.38. The number of ether oxygens (including phenoxy) is 1. The molecule has 1 N–H and O–H groups in total. The normalized spacial score (nSPS) is 15.0. The fraction of sp³-hybridized carbons (Fsp3) is 1.00. The molecule has 2 heteroatoms. The van der Waals surface area contributed by atoms with Gasteiger partial charge in [0.1, 0.15) is 0 Å². The highest BCUT2D eigenvalue weighted by atomic mass is 16.5. The Morgan fingerprint density at radius 3 is 2.12 bits per heavy atom. The molecule has 104 valence electrons. The van der Waals surface area contributed by atoms with E-state index in [0.717, 1.165) is 6.54 Å². The topological polar surface area (TPSA) is 21.3 Å². The second-order valence-electron chi connectivity index (χ2n) is 6.77. The Morgan fingerprint density at radius 1 is 1.12 bits per heavy atom. The first-order valence-corrected chi connectivity index (χ1v) is 7.01. The van der Waals surface area contributed by atoms with Crippen molar-refractivity contribution in [3.8, 4) is 0 Å². The summed E-state index contributed by atoms with van der Waals surface area (Å²) in [5.74, 6) is 0. The minimum Gasteiger partial charge on any atom is -0.377 e. The van der Waals surface area contributed by atoms with E-state index < -0.39 is 0 Å². The largest absolute Gasteiger partial charge is 0.377 e. The maximum Gasteiger partial charge on any atom is 0.0774 e. The predicted octanol–water partition coefficient (Wildman–Crippen LogP) is 4.00. The lowest BCUT2D eigenvalue weighted by atomic mass is 9.86. The molecule has 0 aromatic rings. The highest BCUT2D eigenvalue weighted by molar-refractivity contribution is 4.85. The van der Waals surface area contributed by atoms with Crippen molar-refractivity contribution >= 4 is 0 Å². The van der Waals surface area contributed by atoms with E-state index in [9.17, 15) is 0 Å². The summed E-state index contributed by atoms with van der Waals surface area (Å²) in [6.07, 6.45) is 4.91. The van der Waals surface area contributed by atoms with Gasteiger partial charge < -0.3 is 10.1 Å². The Bertz CT molecular complexity index is 194. The molecule has 0 heterocycles. The van der Waals surface area contributed by atoms with Crippen LogP contribution < -0.4 is 5.32 Å². The summed E-state index contributed by atoms with van der Waals surface area (Å²) >= 11 is 0. The maximum absolute atomic E-state index is 5.62. The van der Waals surface area contributed by atoms with Gasteiger partial charge in [-0.3, -0.25) is 0 Å². The van der Waals surface area contributed by atoms with Crippen LogP contribution in [0.4, 0.5) is 0 Å². The quantitative estimate of drug-likeness (QED) is 0.696. The van der Waals surface area contributed by atoms with E-state index in [2.05, 4.69) is 46.9 Å². The molecular weight excluding hydrogens is 210 g/mol. The lowest BCUT2D eigenvalue weighted by Crippen LogP contribution is -2.48. The van der Waals surface area contributed by atoms with E-state index >= 15 is 0 Å². The minimum atomic E-state index is -0.0763. The highest BCUT2D eigenvalue weighted by Crippen LogP contribution is 2.25. The summed E-state index contributed by atoms with van der Waals surface area (Å²) in [6, 6.07) is 0.454. The zero-order chi connectivity index (χ0) is 13.5. The summed E-state index contributed by atoms with van der Waals surface area (Å²) in [5.41, 5.74) is 0.361. The lowest BCUT2D eigenvalue weighted by Gasteiger charge is -2.34. The fourth-order valence-electron chi connectivity index (χ4n) is 1.99. The first-order valence-electron chi connectivity index (χ1n) is 7.01. The van der Waals surface area contributed by atoms with Crippen LogP contribution in [0.15, 0.2) is 0 Å². The van der Waals surface area contributed by atoms with Crippen molar-refractivity contribution in [3.05, 3.63) is 0 Å². The Labute approximate surface area is 109 Å². The molecule has 1 atom stereocenters. The lowest BCUT2D eigenvalue weighted by molar-refractivity contribution is -0.0136. The third-order valence-corrected chi connectivity index (χ3v) is 3.43. The van der Waals surface area contributed by atoms with Crippen molar-refractivity contribution < 1.29 is 4.74 Å². The number of hydrogen-bond acceptors (Lipinski definition) is 2. The van der Waals surface area contributed by atoms with Gasteiger partial charge in [0, 0.05) is 13.2 Å². The molecule has 0 aliphatic heterocycles. The molecule has 2 nitrogen and oxygen atoms in total. The van der Waals surface area contributed by atoms with E-state index in [-0.39, 0.29) is 5.60 Å². The van der Waals surface area contributed by atoms with Crippen LogP contribution in [0.2, 0.25) is 0 Å². The fourth-order valence-corrected chi connectivity index (χ4v) is 1.99. The molecule has 0 aromatic carbocycles. The number of rotatable bonds is 8. The molecule has 0 spiro atoms. The van der Waals surface area contributed by atoms with Gasteiger partial charge in [-0.1, -0.05) is 34.1 Å². The second-order valence-corrected chi connectivity index (χ2v) is 6.77. The Hall–Kier alpha value is -0.0800. The van der Waals surface area contributed by atoms with Gasteiger partial charge in [0.15, 0.2) is 0 Å². The molecule has 0 saturated heterocycles. The van der Waals surface area contributed by atoms with Crippen molar-refractivity contribution in [2.75, 3.05) is 13.7 Å². The summed E-state index contributed by atoms with van der Waals surface area (Å²) in [4.78, 5) is 0. The molecular formula is C15H33NO. The maximum atomic E-state index is 5.62. The van der Waals surface area contributed by atoms with Crippen LogP contribution in [-0.4, -0.2) is 25.3 Å².